The average Bonchev–Trinajstić information content (AvgIpc) is 3.27. The number of nitrogens with one attached hydrogen (secondary N) is 2. The molecule has 4 rings (SSSR count). The molecule has 0 saturated heterocycles. The van der Waals surface area contributed by atoms with E-state index in [1.807, 2.05) is 6.07 Å². The van der Waals surface area contributed by atoms with E-state index in [0.717, 1.165) is 40.6 Å². The second-order valence-electron chi connectivity index (χ2n) is 6.73. The molecular weight excluding hydrogens is 392 g/mol. The molecule has 28 heavy (non-hydrogen) atoms. The molecule has 1 saturated carbocycles. The SMILES string of the molecule is CCN(CC)c1nc2sc(C(=O)Nc3ccc(C(=O)NC4CC4)cc3)cc2s1. The lowest BCUT2D eigenvalue weighted by Gasteiger charge is -2.16. The van der Waals surface area contributed by atoms with Crippen LogP contribution in [0.15, 0.2) is 30.3 Å². The van der Waals surface area contributed by atoms with E-state index >= 15 is 0 Å². The highest BCUT2D eigenvalue weighted by Gasteiger charge is 2.23. The lowest BCUT2D eigenvalue weighted by atomic mass is 10.2. The summed E-state index contributed by atoms with van der Waals surface area (Å²) in [5.41, 5.74) is 1.27. The van der Waals surface area contributed by atoms with Crippen LogP contribution in [0, 0.1) is 0 Å². The lowest BCUT2D eigenvalue weighted by Crippen LogP contribution is -2.25. The van der Waals surface area contributed by atoms with Crippen molar-refractivity contribution in [2.24, 2.45) is 0 Å². The summed E-state index contributed by atoms with van der Waals surface area (Å²) in [4.78, 5) is 33.0. The minimum atomic E-state index is -0.158. The molecule has 2 N–H and O–H groups in total. The van der Waals surface area contributed by atoms with Crippen molar-refractivity contribution in [1.29, 1.82) is 0 Å². The Hall–Kier alpha value is -2.45. The fourth-order valence-electron chi connectivity index (χ4n) is 2.86. The van der Waals surface area contributed by atoms with Crippen LogP contribution in [0.4, 0.5) is 10.8 Å². The van der Waals surface area contributed by atoms with E-state index in [0.29, 0.717) is 22.2 Å². The van der Waals surface area contributed by atoms with Gasteiger partial charge in [0, 0.05) is 30.4 Å². The van der Waals surface area contributed by atoms with Crippen molar-refractivity contribution < 1.29 is 9.59 Å². The van der Waals surface area contributed by atoms with Gasteiger partial charge in [0.25, 0.3) is 11.8 Å². The maximum Gasteiger partial charge on any atom is 0.265 e. The molecule has 0 aliphatic heterocycles. The summed E-state index contributed by atoms with van der Waals surface area (Å²) >= 11 is 3.02. The monoisotopic (exact) mass is 414 g/mol. The first kappa shape index (κ1) is 18.9. The third-order valence-electron chi connectivity index (χ3n) is 4.65. The molecule has 1 aromatic carbocycles. The van der Waals surface area contributed by atoms with Gasteiger partial charge in [-0.25, -0.2) is 4.98 Å². The number of aromatic nitrogens is 1. The molecule has 6 nitrogen and oxygen atoms in total. The smallest absolute Gasteiger partial charge is 0.265 e. The van der Waals surface area contributed by atoms with E-state index < -0.39 is 0 Å². The highest BCUT2D eigenvalue weighted by molar-refractivity contribution is 7.29. The van der Waals surface area contributed by atoms with Gasteiger partial charge >= 0.3 is 0 Å². The Morgan fingerprint density at radius 2 is 1.82 bits per heavy atom. The van der Waals surface area contributed by atoms with Crippen molar-refractivity contribution in [3.63, 3.8) is 0 Å². The van der Waals surface area contributed by atoms with Gasteiger partial charge in [0.2, 0.25) is 0 Å². The summed E-state index contributed by atoms with van der Waals surface area (Å²) < 4.78 is 1.03. The summed E-state index contributed by atoms with van der Waals surface area (Å²) in [7, 11) is 0. The van der Waals surface area contributed by atoms with Crippen LogP contribution in [0.1, 0.15) is 46.7 Å². The van der Waals surface area contributed by atoms with E-state index in [9.17, 15) is 9.59 Å². The van der Waals surface area contributed by atoms with Crippen molar-refractivity contribution in [1.82, 2.24) is 10.3 Å². The number of carbonyl (C=O) groups is 2. The Bertz CT molecular complexity index is 970. The van der Waals surface area contributed by atoms with E-state index in [1.54, 1.807) is 35.6 Å². The number of anilines is 2. The normalized spacial score (nSPS) is 13.5. The molecule has 0 unspecified atom stereocenters. The van der Waals surface area contributed by atoms with Crippen LogP contribution in [0.3, 0.4) is 0 Å². The lowest BCUT2D eigenvalue weighted by molar-refractivity contribution is 0.0950. The predicted molar refractivity (Wildman–Crippen MR) is 116 cm³/mol. The first-order valence-electron chi connectivity index (χ1n) is 9.45. The fourth-order valence-corrected chi connectivity index (χ4v) is 5.09. The zero-order valence-corrected chi connectivity index (χ0v) is 17.5. The number of amides is 2. The largest absolute Gasteiger partial charge is 0.349 e. The average molecular weight is 415 g/mol. The van der Waals surface area contributed by atoms with Gasteiger partial charge in [-0.2, -0.15) is 0 Å². The minimum Gasteiger partial charge on any atom is -0.349 e. The molecule has 2 aromatic heterocycles. The quantitative estimate of drug-likeness (QED) is 0.603. The molecule has 3 aromatic rings. The van der Waals surface area contributed by atoms with Gasteiger partial charge < -0.3 is 15.5 Å². The Morgan fingerprint density at radius 3 is 2.43 bits per heavy atom. The fraction of sp³-hybridized carbons (Fsp3) is 0.350. The van der Waals surface area contributed by atoms with Gasteiger partial charge in [0.1, 0.15) is 4.83 Å². The van der Waals surface area contributed by atoms with Crippen LogP contribution in [0.25, 0.3) is 9.53 Å². The van der Waals surface area contributed by atoms with E-state index in [2.05, 4.69) is 34.4 Å². The van der Waals surface area contributed by atoms with Crippen molar-refractivity contribution in [3.8, 4) is 0 Å². The highest BCUT2D eigenvalue weighted by Crippen LogP contribution is 2.34. The third-order valence-corrected chi connectivity index (χ3v) is 6.87. The van der Waals surface area contributed by atoms with Crippen LogP contribution in [0.5, 0.6) is 0 Å². The first-order valence-corrected chi connectivity index (χ1v) is 11.1. The standard InChI is InChI=1S/C20H22N4O2S2/c1-3-24(4-2)20-23-19-16(28-20)11-15(27-19)18(26)22-13-7-5-12(6-8-13)17(25)21-14-9-10-14/h5-8,11,14H,3-4,9-10H2,1-2H3,(H,21,25)(H,22,26). The second-order valence-corrected chi connectivity index (χ2v) is 8.77. The first-order chi connectivity index (χ1) is 13.6. The van der Waals surface area contributed by atoms with Gasteiger partial charge in [0.05, 0.1) is 9.58 Å². The highest BCUT2D eigenvalue weighted by atomic mass is 32.1. The summed E-state index contributed by atoms with van der Waals surface area (Å²) in [5, 5.41) is 6.85. The topological polar surface area (TPSA) is 74.3 Å². The maximum absolute atomic E-state index is 12.6. The number of hydrogen-bond acceptors (Lipinski definition) is 6. The van der Waals surface area contributed by atoms with Crippen LogP contribution in [-0.2, 0) is 0 Å². The number of nitrogens with zero attached hydrogens (tertiary/aromatic N) is 2. The molecule has 0 bridgehead atoms. The maximum atomic E-state index is 12.6. The Morgan fingerprint density at radius 1 is 1.11 bits per heavy atom. The van der Waals surface area contributed by atoms with Crippen molar-refractivity contribution in [3.05, 3.63) is 40.8 Å². The second kappa shape index (κ2) is 7.89. The zero-order chi connectivity index (χ0) is 19.7. The van der Waals surface area contributed by atoms with Gasteiger partial charge in [-0.3, -0.25) is 9.59 Å². The summed E-state index contributed by atoms with van der Waals surface area (Å²) in [6.45, 7) is 6.05. The van der Waals surface area contributed by atoms with Crippen molar-refractivity contribution >= 4 is 54.8 Å². The van der Waals surface area contributed by atoms with Crippen LogP contribution in [-0.4, -0.2) is 35.9 Å². The van der Waals surface area contributed by atoms with Gasteiger partial charge in [-0.1, -0.05) is 11.3 Å². The van der Waals surface area contributed by atoms with E-state index in [1.165, 1.54) is 11.3 Å². The summed E-state index contributed by atoms with van der Waals surface area (Å²) in [6, 6.07) is 9.21. The number of rotatable bonds is 7. The third kappa shape index (κ3) is 4.02. The molecule has 2 heterocycles. The molecule has 8 heteroatoms. The molecule has 1 aliphatic carbocycles. The molecule has 0 spiro atoms. The molecule has 0 atom stereocenters. The summed E-state index contributed by atoms with van der Waals surface area (Å²) in [6.07, 6.45) is 2.12. The molecular formula is C20H22N4O2S2. The number of benzene rings is 1. The summed E-state index contributed by atoms with van der Waals surface area (Å²) in [5.74, 6) is -0.219. The number of carbonyl (C=O) groups excluding carboxylic acids is 2. The molecule has 1 fully saturated rings. The van der Waals surface area contributed by atoms with Crippen LogP contribution >= 0.6 is 22.7 Å². The zero-order valence-electron chi connectivity index (χ0n) is 15.8. The van der Waals surface area contributed by atoms with E-state index in [-0.39, 0.29) is 11.8 Å². The molecule has 0 radical (unpaired) electrons. The van der Waals surface area contributed by atoms with Crippen molar-refractivity contribution in [2.75, 3.05) is 23.3 Å². The Kier molecular flexibility index (Phi) is 5.32. The number of hydrogen-bond donors (Lipinski definition) is 2. The van der Waals surface area contributed by atoms with Gasteiger partial charge in [0.15, 0.2) is 5.13 Å². The number of fused-ring (bicyclic) bond motifs is 1. The van der Waals surface area contributed by atoms with Crippen LogP contribution < -0.4 is 15.5 Å². The van der Waals surface area contributed by atoms with E-state index in [4.69, 9.17) is 0 Å². The predicted octanol–water partition coefficient (Wildman–Crippen LogP) is 4.35. The Balaban J connectivity index is 1.42. The Labute approximate surface area is 171 Å². The van der Waals surface area contributed by atoms with Crippen molar-refractivity contribution in [2.45, 2.75) is 32.7 Å². The van der Waals surface area contributed by atoms with Crippen LogP contribution in [0.2, 0.25) is 0 Å². The molecule has 146 valence electrons. The van der Waals surface area contributed by atoms with Gasteiger partial charge in [-0.05, 0) is 57.0 Å². The molecule has 2 amide bonds. The number of thiazole rings is 1. The van der Waals surface area contributed by atoms with Gasteiger partial charge in [-0.15, -0.1) is 11.3 Å². The minimum absolute atomic E-state index is 0.0612. The number of thiophene rings is 1. The molecule has 1 aliphatic rings.